The summed E-state index contributed by atoms with van der Waals surface area (Å²) in [6.07, 6.45) is 1.07. The first-order valence-electron chi connectivity index (χ1n) is 7.04. The Morgan fingerprint density at radius 1 is 1.11 bits per heavy atom. The van der Waals surface area contributed by atoms with Gasteiger partial charge in [0, 0.05) is 32.7 Å². The molecule has 1 saturated heterocycles. The highest BCUT2D eigenvalue weighted by atomic mass is 16.3. The van der Waals surface area contributed by atoms with Crippen LogP contribution in [0.2, 0.25) is 0 Å². The number of rotatable bonds is 6. The van der Waals surface area contributed by atoms with Gasteiger partial charge in [-0.3, -0.25) is 14.6 Å². The average Bonchev–Trinajstić information content (AvgIpc) is 2.57. The molecule has 1 heterocycles. The first-order valence-corrected chi connectivity index (χ1v) is 7.04. The lowest BCUT2D eigenvalue weighted by Gasteiger charge is -2.25. The Hall–Kier alpha value is -0.650. The minimum atomic E-state index is 0.221. The quantitative estimate of drug-likeness (QED) is 0.719. The molecule has 0 saturated carbocycles. The van der Waals surface area contributed by atoms with Crippen LogP contribution in [0.4, 0.5) is 0 Å². The molecule has 5 heteroatoms. The smallest absolute Gasteiger partial charge is 0.236 e. The summed E-state index contributed by atoms with van der Waals surface area (Å²) in [5, 5.41) is 8.94. The predicted octanol–water partition coefficient (Wildman–Crippen LogP) is -0.145. The Morgan fingerprint density at radius 3 is 2.33 bits per heavy atom. The van der Waals surface area contributed by atoms with Crippen molar-refractivity contribution in [2.24, 2.45) is 0 Å². The summed E-state index contributed by atoms with van der Waals surface area (Å²) in [6.45, 7) is 11.0. The molecule has 0 bridgehead atoms. The van der Waals surface area contributed by atoms with Crippen molar-refractivity contribution in [3.63, 3.8) is 0 Å². The third kappa shape index (κ3) is 4.92. The number of amides is 1. The van der Waals surface area contributed by atoms with Crippen LogP contribution in [0.25, 0.3) is 0 Å². The molecule has 0 atom stereocenters. The minimum absolute atomic E-state index is 0.221. The van der Waals surface area contributed by atoms with Gasteiger partial charge in [-0.25, -0.2) is 0 Å². The second kappa shape index (κ2) is 8.45. The summed E-state index contributed by atoms with van der Waals surface area (Å²) in [7, 11) is 0. The first-order chi connectivity index (χ1) is 8.71. The van der Waals surface area contributed by atoms with Crippen LogP contribution >= 0.6 is 0 Å². The maximum absolute atomic E-state index is 12.0. The molecule has 1 amide bonds. The molecule has 5 nitrogen and oxygen atoms in total. The van der Waals surface area contributed by atoms with Gasteiger partial charge in [0.25, 0.3) is 0 Å². The second-order valence-electron chi connectivity index (χ2n) is 4.76. The fourth-order valence-corrected chi connectivity index (χ4v) is 2.42. The number of carbonyl (C=O) groups is 1. The van der Waals surface area contributed by atoms with Gasteiger partial charge in [-0.15, -0.1) is 0 Å². The molecule has 0 aromatic rings. The van der Waals surface area contributed by atoms with Crippen LogP contribution in [-0.2, 0) is 4.79 Å². The van der Waals surface area contributed by atoms with E-state index in [-0.39, 0.29) is 12.5 Å². The molecule has 0 unspecified atom stereocenters. The fraction of sp³-hybridized carbons (Fsp3) is 0.923. The highest BCUT2D eigenvalue weighted by Crippen LogP contribution is 2.03. The molecule has 1 fully saturated rings. The monoisotopic (exact) mass is 257 g/mol. The van der Waals surface area contributed by atoms with Crippen molar-refractivity contribution in [1.29, 1.82) is 0 Å². The standard InChI is InChI=1S/C13H27N3O2/c1-3-16(4-2)13(18)12-15-7-5-6-14(8-9-15)10-11-17/h17H,3-12H2,1-2H3. The molecule has 1 N–H and O–H groups in total. The average molecular weight is 257 g/mol. The van der Waals surface area contributed by atoms with Crippen molar-refractivity contribution in [1.82, 2.24) is 14.7 Å². The second-order valence-corrected chi connectivity index (χ2v) is 4.76. The van der Waals surface area contributed by atoms with Crippen LogP contribution in [0.1, 0.15) is 20.3 Å². The van der Waals surface area contributed by atoms with E-state index in [0.29, 0.717) is 6.54 Å². The van der Waals surface area contributed by atoms with Gasteiger partial charge in [0.1, 0.15) is 0 Å². The topological polar surface area (TPSA) is 47.0 Å². The first kappa shape index (κ1) is 15.4. The number of hydrogen-bond acceptors (Lipinski definition) is 4. The molecule has 0 aromatic heterocycles. The summed E-state index contributed by atoms with van der Waals surface area (Å²) < 4.78 is 0. The molecule has 0 radical (unpaired) electrons. The Kier molecular flexibility index (Phi) is 7.23. The molecular weight excluding hydrogens is 230 g/mol. The molecule has 0 aliphatic carbocycles. The maximum atomic E-state index is 12.0. The Morgan fingerprint density at radius 2 is 1.72 bits per heavy atom. The van der Waals surface area contributed by atoms with Gasteiger partial charge in [-0.2, -0.15) is 0 Å². The largest absolute Gasteiger partial charge is 0.395 e. The third-order valence-corrected chi connectivity index (χ3v) is 3.57. The predicted molar refractivity (Wildman–Crippen MR) is 72.5 cm³/mol. The van der Waals surface area contributed by atoms with E-state index in [9.17, 15) is 4.79 Å². The molecule has 106 valence electrons. The van der Waals surface area contributed by atoms with Crippen molar-refractivity contribution in [3.05, 3.63) is 0 Å². The van der Waals surface area contributed by atoms with Gasteiger partial charge in [0.05, 0.1) is 13.2 Å². The minimum Gasteiger partial charge on any atom is -0.395 e. The summed E-state index contributed by atoms with van der Waals surface area (Å²) in [4.78, 5) is 18.4. The number of hydrogen-bond donors (Lipinski definition) is 1. The van der Waals surface area contributed by atoms with Crippen molar-refractivity contribution in [3.8, 4) is 0 Å². The highest BCUT2D eigenvalue weighted by Gasteiger charge is 2.18. The van der Waals surface area contributed by atoms with Gasteiger partial charge in [-0.05, 0) is 33.4 Å². The summed E-state index contributed by atoms with van der Waals surface area (Å²) in [5.41, 5.74) is 0. The summed E-state index contributed by atoms with van der Waals surface area (Å²) >= 11 is 0. The Labute approximate surface area is 110 Å². The SMILES string of the molecule is CCN(CC)C(=O)CN1CCCN(CCO)CC1. The maximum Gasteiger partial charge on any atom is 0.236 e. The Balaban J connectivity index is 2.36. The number of carbonyl (C=O) groups excluding carboxylic acids is 1. The lowest BCUT2D eigenvalue weighted by atomic mass is 10.3. The zero-order chi connectivity index (χ0) is 13.4. The van der Waals surface area contributed by atoms with E-state index >= 15 is 0 Å². The highest BCUT2D eigenvalue weighted by molar-refractivity contribution is 5.78. The lowest BCUT2D eigenvalue weighted by molar-refractivity contribution is -0.132. The van der Waals surface area contributed by atoms with Gasteiger partial charge >= 0.3 is 0 Å². The molecule has 18 heavy (non-hydrogen) atoms. The van der Waals surface area contributed by atoms with Crippen LogP contribution in [0.5, 0.6) is 0 Å². The number of aliphatic hydroxyl groups is 1. The summed E-state index contributed by atoms with van der Waals surface area (Å²) in [6, 6.07) is 0. The third-order valence-electron chi connectivity index (χ3n) is 3.57. The lowest BCUT2D eigenvalue weighted by Crippen LogP contribution is -2.41. The van der Waals surface area contributed by atoms with E-state index in [1.165, 1.54) is 0 Å². The van der Waals surface area contributed by atoms with Gasteiger partial charge in [-0.1, -0.05) is 0 Å². The normalized spacial score (nSPS) is 18.6. The molecule has 1 rings (SSSR count). The Bertz CT molecular complexity index is 244. The van der Waals surface area contributed by atoms with E-state index in [0.717, 1.165) is 52.2 Å². The number of aliphatic hydroxyl groups excluding tert-OH is 1. The van der Waals surface area contributed by atoms with E-state index in [4.69, 9.17) is 5.11 Å². The summed E-state index contributed by atoms with van der Waals surface area (Å²) in [5.74, 6) is 0.232. The van der Waals surface area contributed by atoms with Crippen LogP contribution in [0, 0.1) is 0 Å². The zero-order valence-electron chi connectivity index (χ0n) is 11.8. The number of nitrogens with zero attached hydrogens (tertiary/aromatic N) is 3. The van der Waals surface area contributed by atoms with Gasteiger partial charge < -0.3 is 10.0 Å². The molecule has 0 aromatic carbocycles. The van der Waals surface area contributed by atoms with Crippen LogP contribution in [0.15, 0.2) is 0 Å². The van der Waals surface area contributed by atoms with Crippen molar-refractivity contribution < 1.29 is 9.90 Å². The molecule has 1 aliphatic heterocycles. The van der Waals surface area contributed by atoms with E-state index < -0.39 is 0 Å². The van der Waals surface area contributed by atoms with E-state index in [1.54, 1.807) is 0 Å². The van der Waals surface area contributed by atoms with Crippen LogP contribution < -0.4 is 0 Å². The van der Waals surface area contributed by atoms with E-state index in [2.05, 4.69) is 9.80 Å². The zero-order valence-corrected chi connectivity index (χ0v) is 11.8. The molecule has 1 aliphatic rings. The van der Waals surface area contributed by atoms with Crippen molar-refractivity contribution >= 4 is 5.91 Å². The van der Waals surface area contributed by atoms with Crippen molar-refractivity contribution in [2.75, 3.05) is 59.0 Å². The van der Waals surface area contributed by atoms with Crippen molar-refractivity contribution in [2.45, 2.75) is 20.3 Å². The molecular formula is C13H27N3O2. The number of β-amino-alcohol motifs (C(OH)–C–C–N with tert-alkyl or cyclic N) is 1. The van der Waals surface area contributed by atoms with Crippen LogP contribution in [0.3, 0.4) is 0 Å². The van der Waals surface area contributed by atoms with Gasteiger partial charge in [0.15, 0.2) is 0 Å². The fourth-order valence-electron chi connectivity index (χ4n) is 2.42. The number of likely N-dealkylation sites (N-methyl/N-ethyl adjacent to an activating group) is 1. The van der Waals surface area contributed by atoms with E-state index in [1.807, 2.05) is 18.7 Å². The van der Waals surface area contributed by atoms with Gasteiger partial charge in [0.2, 0.25) is 5.91 Å². The molecule has 0 spiro atoms. The van der Waals surface area contributed by atoms with Crippen LogP contribution in [-0.4, -0.2) is 84.7 Å².